The summed E-state index contributed by atoms with van der Waals surface area (Å²) in [4.78, 5) is 29.1. The first-order chi connectivity index (χ1) is 16.7. The molecular formula is C27H26BrClN2O4. The number of anilines is 1. The highest BCUT2D eigenvalue weighted by atomic mass is 79.9. The molecule has 0 spiro atoms. The maximum atomic E-state index is 12.8. The third-order valence-electron chi connectivity index (χ3n) is 6.17. The molecule has 3 aromatic rings. The average molecular weight is 558 g/mol. The van der Waals surface area contributed by atoms with E-state index in [1.165, 1.54) is 7.11 Å². The molecular weight excluding hydrogens is 532 g/mol. The van der Waals surface area contributed by atoms with Crippen molar-refractivity contribution in [2.45, 2.75) is 32.2 Å². The molecule has 0 aliphatic carbocycles. The zero-order valence-corrected chi connectivity index (χ0v) is 22.0. The Morgan fingerprint density at radius 3 is 2.69 bits per heavy atom. The van der Waals surface area contributed by atoms with Crippen LogP contribution in [-0.2, 0) is 20.7 Å². The van der Waals surface area contributed by atoms with Gasteiger partial charge in [0.15, 0.2) is 5.69 Å². The first-order valence-corrected chi connectivity index (χ1v) is 12.5. The number of hydrogen-bond acceptors (Lipinski definition) is 6. The van der Waals surface area contributed by atoms with Crippen LogP contribution in [0.3, 0.4) is 0 Å². The van der Waals surface area contributed by atoms with Crippen molar-refractivity contribution >= 4 is 45.2 Å². The Morgan fingerprint density at radius 1 is 1.23 bits per heavy atom. The van der Waals surface area contributed by atoms with Crippen molar-refractivity contribution in [3.8, 4) is 0 Å². The van der Waals surface area contributed by atoms with Crippen LogP contribution in [0, 0.1) is 12.8 Å². The molecule has 0 bridgehead atoms. The van der Waals surface area contributed by atoms with E-state index in [1.54, 1.807) is 12.1 Å². The normalized spacial score (nSPS) is 18.1. The Hall–Kier alpha value is -2.90. The van der Waals surface area contributed by atoms with Crippen LogP contribution in [0.2, 0.25) is 5.15 Å². The summed E-state index contributed by atoms with van der Waals surface area (Å²) in [5, 5.41) is 3.55. The third kappa shape index (κ3) is 5.85. The van der Waals surface area contributed by atoms with Crippen LogP contribution in [0.5, 0.6) is 0 Å². The lowest BCUT2D eigenvalue weighted by molar-refractivity contribution is -0.139. The highest BCUT2D eigenvalue weighted by molar-refractivity contribution is 9.10. The Balaban J connectivity index is 1.60. The van der Waals surface area contributed by atoms with Crippen molar-refractivity contribution in [2.75, 3.05) is 19.0 Å². The van der Waals surface area contributed by atoms with Crippen LogP contribution in [0.4, 0.5) is 5.69 Å². The summed E-state index contributed by atoms with van der Waals surface area (Å²) in [5.41, 5.74) is 4.75. The lowest BCUT2D eigenvalue weighted by atomic mass is 9.83. The molecule has 1 saturated heterocycles. The highest BCUT2D eigenvalue weighted by Crippen LogP contribution is 2.36. The summed E-state index contributed by atoms with van der Waals surface area (Å²) in [6, 6.07) is 17.4. The number of hydrogen-bond donors (Lipinski definition) is 1. The van der Waals surface area contributed by atoms with Crippen molar-refractivity contribution in [3.05, 3.63) is 92.2 Å². The van der Waals surface area contributed by atoms with Crippen molar-refractivity contribution in [1.29, 1.82) is 0 Å². The molecule has 2 heterocycles. The van der Waals surface area contributed by atoms with Gasteiger partial charge in [-0.25, -0.2) is 9.78 Å². The van der Waals surface area contributed by atoms with Gasteiger partial charge in [0, 0.05) is 16.4 Å². The third-order valence-corrected chi connectivity index (χ3v) is 6.91. The van der Waals surface area contributed by atoms with Gasteiger partial charge in [0.05, 0.1) is 25.3 Å². The summed E-state index contributed by atoms with van der Waals surface area (Å²) in [6.07, 6.45) is 0.750. The lowest BCUT2D eigenvalue weighted by Gasteiger charge is -2.21. The molecule has 1 aliphatic rings. The van der Waals surface area contributed by atoms with Crippen LogP contribution in [0.15, 0.2) is 59.1 Å². The molecule has 3 atom stereocenters. The first-order valence-electron chi connectivity index (χ1n) is 11.3. The minimum atomic E-state index is -0.573. The summed E-state index contributed by atoms with van der Waals surface area (Å²) < 4.78 is 11.4. The molecule has 35 heavy (non-hydrogen) atoms. The number of carbonyl (C=O) groups is 2. The number of carbonyl (C=O) groups excluding carboxylic acids is 2. The topological polar surface area (TPSA) is 77.5 Å². The Morgan fingerprint density at radius 2 is 1.97 bits per heavy atom. The molecule has 2 aromatic carbocycles. The summed E-state index contributed by atoms with van der Waals surface area (Å²) in [7, 11) is 1.30. The second kappa shape index (κ2) is 10.8. The highest BCUT2D eigenvalue weighted by Gasteiger charge is 2.38. The zero-order valence-electron chi connectivity index (χ0n) is 19.7. The second-order valence-electron chi connectivity index (χ2n) is 8.76. The van der Waals surface area contributed by atoms with Crippen LogP contribution in [0.1, 0.15) is 51.6 Å². The number of nitrogens with zero attached hydrogens (tertiary/aromatic N) is 1. The number of pyridine rings is 1. The Labute approximate surface area is 218 Å². The number of esters is 2. The van der Waals surface area contributed by atoms with Crippen LogP contribution >= 0.6 is 27.5 Å². The first kappa shape index (κ1) is 25.2. The van der Waals surface area contributed by atoms with E-state index in [0.717, 1.165) is 33.1 Å². The van der Waals surface area contributed by atoms with Gasteiger partial charge in [-0.1, -0.05) is 63.4 Å². The number of aryl methyl sites for hydroxylation is 1. The minimum absolute atomic E-state index is 0.0491. The number of methoxy groups -OCH3 is 1. The molecule has 0 amide bonds. The number of cyclic esters (lactones) is 1. The van der Waals surface area contributed by atoms with Gasteiger partial charge in [-0.3, -0.25) is 4.79 Å². The van der Waals surface area contributed by atoms with E-state index in [0.29, 0.717) is 12.3 Å². The maximum absolute atomic E-state index is 12.8. The van der Waals surface area contributed by atoms with E-state index in [1.807, 2.05) is 38.1 Å². The number of benzene rings is 2. The van der Waals surface area contributed by atoms with E-state index in [9.17, 15) is 9.59 Å². The largest absolute Gasteiger partial charge is 0.465 e. The van der Waals surface area contributed by atoms with Crippen molar-refractivity contribution in [2.24, 2.45) is 5.92 Å². The molecule has 0 saturated carbocycles. The maximum Gasteiger partial charge on any atom is 0.358 e. The molecule has 1 fully saturated rings. The van der Waals surface area contributed by atoms with E-state index in [2.05, 4.69) is 44.4 Å². The van der Waals surface area contributed by atoms with Gasteiger partial charge in [0.25, 0.3) is 0 Å². The van der Waals surface area contributed by atoms with Crippen LogP contribution in [-0.4, -0.2) is 30.6 Å². The molecule has 1 unspecified atom stereocenters. The number of rotatable bonds is 7. The van der Waals surface area contributed by atoms with Gasteiger partial charge in [-0.2, -0.15) is 0 Å². The fourth-order valence-electron chi connectivity index (χ4n) is 4.47. The van der Waals surface area contributed by atoms with Crippen molar-refractivity contribution in [1.82, 2.24) is 4.98 Å². The fourth-order valence-corrected chi connectivity index (χ4v) is 4.88. The Bertz CT molecular complexity index is 1250. The van der Waals surface area contributed by atoms with Gasteiger partial charge in [0.2, 0.25) is 0 Å². The monoisotopic (exact) mass is 556 g/mol. The van der Waals surface area contributed by atoms with Crippen molar-refractivity contribution in [3.63, 3.8) is 0 Å². The molecule has 1 N–H and O–H groups in total. The van der Waals surface area contributed by atoms with Crippen LogP contribution in [0.25, 0.3) is 0 Å². The predicted molar refractivity (Wildman–Crippen MR) is 139 cm³/mol. The van der Waals surface area contributed by atoms with E-state index in [4.69, 9.17) is 21.1 Å². The molecule has 0 radical (unpaired) electrons. The molecule has 1 aliphatic heterocycles. The van der Waals surface area contributed by atoms with Gasteiger partial charge in [0.1, 0.15) is 5.15 Å². The quantitative estimate of drug-likeness (QED) is 0.273. The molecule has 4 rings (SSSR count). The summed E-state index contributed by atoms with van der Waals surface area (Å²) in [5.74, 6) is -1.06. The van der Waals surface area contributed by atoms with E-state index in [-0.39, 0.29) is 34.7 Å². The van der Waals surface area contributed by atoms with E-state index >= 15 is 0 Å². The number of halogens is 2. The standard InChI is InChI=1S/C27H26BrClN2O4/c1-15-10-18(16(2)30-22-8-9-23(29)31-25(22)27(33)34-3)13-19(11-15)24-20(14-35-26(24)32)12-17-4-6-21(28)7-5-17/h4-11,13,16,20,24,30H,12,14H2,1-3H3/t16-,20?,24-/m1/s1. The molecule has 1 aromatic heterocycles. The van der Waals surface area contributed by atoms with Gasteiger partial charge >= 0.3 is 11.9 Å². The zero-order chi connectivity index (χ0) is 25.1. The number of nitrogens with one attached hydrogen (secondary N) is 1. The minimum Gasteiger partial charge on any atom is -0.465 e. The summed E-state index contributed by atoms with van der Waals surface area (Å²) >= 11 is 9.45. The van der Waals surface area contributed by atoms with E-state index < -0.39 is 5.97 Å². The van der Waals surface area contributed by atoms with Gasteiger partial charge in [-0.05, 0) is 61.2 Å². The fraction of sp³-hybridized carbons (Fsp3) is 0.296. The van der Waals surface area contributed by atoms with Gasteiger partial charge in [-0.15, -0.1) is 0 Å². The number of aromatic nitrogens is 1. The predicted octanol–water partition coefficient (Wildman–Crippen LogP) is 6.26. The second-order valence-corrected chi connectivity index (χ2v) is 10.1. The summed E-state index contributed by atoms with van der Waals surface area (Å²) in [6.45, 7) is 4.39. The molecule has 6 nitrogen and oxygen atoms in total. The molecule has 182 valence electrons. The van der Waals surface area contributed by atoms with Crippen molar-refractivity contribution < 1.29 is 19.1 Å². The van der Waals surface area contributed by atoms with Crippen LogP contribution < -0.4 is 5.32 Å². The molecule has 8 heteroatoms. The van der Waals surface area contributed by atoms with Gasteiger partial charge < -0.3 is 14.8 Å². The SMILES string of the molecule is COC(=O)c1nc(Cl)ccc1N[C@H](C)c1cc(C)cc([C@H]2C(=O)OCC2Cc2ccc(Br)cc2)c1. The Kier molecular flexibility index (Phi) is 7.77. The smallest absolute Gasteiger partial charge is 0.358 e. The lowest BCUT2D eigenvalue weighted by Crippen LogP contribution is -2.18. The number of ether oxygens (including phenoxy) is 2. The average Bonchev–Trinajstić information content (AvgIpc) is 3.20.